The number of methoxy groups -OCH3 is 1. The van der Waals surface area contributed by atoms with Gasteiger partial charge in [-0.05, 0) is 31.2 Å². The monoisotopic (exact) mass is 339 g/mol. The highest BCUT2D eigenvalue weighted by atomic mass is 32.1. The first kappa shape index (κ1) is 18.2. The highest BCUT2D eigenvalue weighted by molar-refractivity contribution is 7.11. The van der Waals surface area contributed by atoms with Gasteiger partial charge in [-0.1, -0.05) is 0 Å². The summed E-state index contributed by atoms with van der Waals surface area (Å²) in [7, 11) is 1.69. The van der Waals surface area contributed by atoms with Gasteiger partial charge in [-0.3, -0.25) is 4.90 Å². The number of nitrogens with zero attached hydrogens (tertiary/aromatic N) is 1. The molecule has 0 aromatic carbocycles. The summed E-state index contributed by atoms with van der Waals surface area (Å²) in [6, 6.07) is 7.94. The predicted octanol–water partition coefficient (Wildman–Crippen LogP) is 2.68. The van der Waals surface area contributed by atoms with Crippen LogP contribution in [0.3, 0.4) is 0 Å². The molecule has 0 aliphatic heterocycles. The second-order valence-electron chi connectivity index (χ2n) is 5.49. The van der Waals surface area contributed by atoms with Crippen molar-refractivity contribution in [1.29, 1.82) is 0 Å². The third kappa shape index (κ3) is 6.85. The minimum atomic E-state index is -0.539. The van der Waals surface area contributed by atoms with Gasteiger partial charge < -0.3 is 19.0 Å². The van der Waals surface area contributed by atoms with Gasteiger partial charge in [0.25, 0.3) is 0 Å². The number of hydrogen-bond acceptors (Lipinski definition) is 6. The largest absolute Gasteiger partial charge is 0.467 e. The maximum absolute atomic E-state index is 10.2. The van der Waals surface area contributed by atoms with Gasteiger partial charge in [0, 0.05) is 36.5 Å². The van der Waals surface area contributed by atoms with Gasteiger partial charge in [-0.15, -0.1) is 11.3 Å². The van der Waals surface area contributed by atoms with E-state index in [1.165, 1.54) is 9.75 Å². The number of aryl methyl sites for hydroxylation is 1. The smallest absolute Gasteiger partial charge is 0.129 e. The van der Waals surface area contributed by atoms with E-state index < -0.39 is 6.10 Å². The number of ether oxygens (including phenoxy) is 2. The van der Waals surface area contributed by atoms with Gasteiger partial charge in [-0.2, -0.15) is 0 Å². The van der Waals surface area contributed by atoms with E-state index in [0.29, 0.717) is 19.8 Å². The van der Waals surface area contributed by atoms with Gasteiger partial charge in [0.15, 0.2) is 0 Å². The SMILES string of the molecule is COCCN(Cc1ccc(C)s1)CC(O)COCc1ccco1. The molecule has 2 aromatic rings. The van der Waals surface area contributed by atoms with Crippen molar-refractivity contribution < 1.29 is 19.0 Å². The first-order valence-electron chi connectivity index (χ1n) is 7.72. The third-order valence-corrected chi connectivity index (χ3v) is 4.38. The molecule has 0 fully saturated rings. The first-order chi connectivity index (χ1) is 11.2. The van der Waals surface area contributed by atoms with Crippen molar-refractivity contribution in [3.63, 3.8) is 0 Å². The van der Waals surface area contributed by atoms with Crippen LogP contribution in [0.5, 0.6) is 0 Å². The summed E-state index contributed by atoms with van der Waals surface area (Å²) < 4.78 is 15.9. The van der Waals surface area contributed by atoms with Crippen LogP contribution in [-0.4, -0.2) is 49.5 Å². The Morgan fingerprint density at radius 2 is 2.22 bits per heavy atom. The van der Waals surface area contributed by atoms with E-state index in [-0.39, 0.29) is 6.61 Å². The van der Waals surface area contributed by atoms with Crippen LogP contribution < -0.4 is 0 Å². The van der Waals surface area contributed by atoms with Crippen LogP contribution >= 0.6 is 11.3 Å². The molecule has 0 bridgehead atoms. The standard InChI is InChI=1S/C17H25NO4S/c1-14-5-6-17(23-14)11-18(7-9-20-2)10-15(19)12-21-13-16-4-3-8-22-16/h3-6,8,15,19H,7,9-13H2,1-2H3. The highest BCUT2D eigenvalue weighted by Crippen LogP contribution is 2.17. The summed E-state index contributed by atoms with van der Waals surface area (Å²) >= 11 is 1.78. The molecule has 1 atom stereocenters. The Morgan fingerprint density at radius 1 is 1.35 bits per heavy atom. The molecule has 23 heavy (non-hydrogen) atoms. The minimum absolute atomic E-state index is 0.285. The van der Waals surface area contributed by atoms with Crippen LogP contribution in [0.25, 0.3) is 0 Å². The molecule has 2 aromatic heterocycles. The van der Waals surface area contributed by atoms with E-state index >= 15 is 0 Å². The lowest BCUT2D eigenvalue weighted by molar-refractivity contribution is 0.000646. The van der Waals surface area contributed by atoms with Gasteiger partial charge in [0.2, 0.25) is 0 Å². The van der Waals surface area contributed by atoms with Crippen LogP contribution in [0.2, 0.25) is 0 Å². The molecular formula is C17H25NO4S. The Labute approximate surface area is 141 Å². The average Bonchev–Trinajstić information content (AvgIpc) is 3.17. The Bertz CT molecular complexity index is 541. The Morgan fingerprint density at radius 3 is 2.87 bits per heavy atom. The molecule has 0 saturated carbocycles. The van der Waals surface area contributed by atoms with E-state index in [1.807, 2.05) is 12.1 Å². The molecule has 0 amide bonds. The molecule has 0 radical (unpaired) electrons. The molecule has 128 valence electrons. The van der Waals surface area contributed by atoms with E-state index in [2.05, 4.69) is 24.0 Å². The predicted molar refractivity (Wildman–Crippen MR) is 90.6 cm³/mol. The molecule has 2 rings (SSSR count). The molecule has 1 unspecified atom stereocenters. The number of hydrogen-bond donors (Lipinski definition) is 1. The fourth-order valence-corrected chi connectivity index (χ4v) is 3.22. The molecule has 0 saturated heterocycles. The van der Waals surface area contributed by atoms with Crippen LogP contribution in [0, 0.1) is 6.92 Å². The van der Waals surface area contributed by atoms with Crippen LogP contribution in [0.4, 0.5) is 0 Å². The zero-order valence-corrected chi connectivity index (χ0v) is 14.6. The highest BCUT2D eigenvalue weighted by Gasteiger charge is 2.13. The molecule has 2 heterocycles. The molecule has 1 N–H and O–H groups in total. The molecule has 0 spiro atoms. The summed E-state index contributed by atoms with van der Waals surface area (Å²) in [6.07, 6.45) is 1.08. The summed E-state index contributed by atoms with van der Waals surface area (Å²) in [5.74, 6) is 0.766. The molecule has 5 nitrogen and oxygen atoms in total. The van der Waals surface area contributed by atoms with Crippen molar-refractivity contribution in [2.75, 3.05) is 33.4 Å². The second-order valence-corrected chi connectivity index (χ2v) is 6.86. The van der Waals surface area contributed by atoms with E-state index in [9.17, 15) is 5.11 Å². The fourth-order valence-electron chi connectivity index (χ4n) is 2.29. The van der Waals surface area contributed by atoms with Crippen molar-refractivity contribution in [2.24, 2.45) is 0 Å². The molecule has 0 aliphatic carbocycles. The van der Waals surface area contributed by atoms with Crippen molar-refractivity contribution in [1.82, 2.24) is 4.90 Å². The summed E-state index contributed by atoms with van der Waals surface area (Å²) in [6.45, 7) is 5.56. The van der Waals surface area contributed by atoms with Crippen molar-refractivity contribution in [3.8, 4) is 0 Å². The molecule has 0 aliphatic rings. The molecule has 6 heteroatoms. The minimum Gasteiger partial charge on any atom is -0.467 e. The number of aliphatic hydroxyl groups is 1. The zero-order valence-electron chi connectivity index (χ0n) is 13.7. The Balaban J connectivity index is 1.76. The number of furan rings is 1. The summed E-state index contributed by atoms with van der Waals surface area (Å²) in [5.41, 5.74) is 0. The lowest BCUT2D eigenvalue weighted by Gasteiger charge is -2.24. The van der Waals surface area contributed by atoms with E-state index in [1.54, 1.807) is 24.7 Å². The molecular weight excluding hydrogens is 314 g/mol. The lowest BCUT2D eigenvalue weighted by Crippen LogP contribution is -2.36. The third-order valence-electron chi connectivity index (χ3n) is 3.39. The average molecular weight is 339 g/mol. The van der Waals surface area contributed by atoms with Gasteiger partial charge >= 0.3 is 0 Å². The number of aliphatic hydroxyl groups excluding tert-OH is 1. The maximum atomic E-state index is 10.2. The normalized spacial score (nSPS) is 12.9. The summed E-state index contributed by atoms with van der Waals surface area (Å²) in [5, 5.41) is 10.2. The van der Waals surface area contributed by atoms with Crippen LogP contribution in [0.1, 0.15) is 15.5 Å². The first-order valence-corrected chi connectivity index (χ1v) is 8.54. The van der Waals surface area contributed by atoms with E-state index in [4.69, 9.17) is 13.9 Å². The number of rotatable bonds is 11. The van der Waals surface area contributed by atoms with Gasteiger partial charge in [-0.25, -0.2) is 0 Å². The Hall–Kier alpha value is -1.18. The van der Waals surface area contributed by atoms with Crippen molar-refractivity contribution in [2.45, 2.75) is 26.2 Å². The lowest BCUT2D eigenvalue weighted by atomic mass is 10.3. The quantitative estimate of drug-likeness (QED) is 0.682. The topological polar surface area (TPSA) is 55.1 Å². The Kier molecular flexibility index (Phi) is 7.78. The van der Waals surface area contributed by atoms with Crippen LogP contribution in [0.15, 0.2) is 34.9 Å². The van der Waals surface area contributed by atoms with E-state index in [0.717, 1.165) is 18.8 Å². The summed E-state index contributed by atoms with van der Waals surface area (Å²) in [4.78, 5) is 4.78. The fraction of sp³-hybridized carbons (Fsp3) is 0.529. The zero-order chi connectivity index (χ0) is 16.5. The second kappa shape index (κ2) is 9.85. The van der Waals surface area contributed by atoms with Crippen LogP contribution in [-0.2, 0) is 22.6 Å². The van der Waals surface area contributed by atoms with Crippen molar-refractivity contribution in [3.05, 3.63) is 46.0 Å². The van der Waals surface area contributed by atoms with Crippen molar-refractivity contribution >= 4 is 11.3 Å². The van der Waals surface area contributed by atoms with Gasteiger partial charge in [0.1, 0.15) is 12.4 Å². The maximum Gasteiger partial charge on any atom is 0.129 e. The van der Waals surface area contributed by atoms with Gasteiger partial charge in [0.05, 0.1) is 25.6 Å². The number of thiophene rings is 1.